The van der Waals surface area contributed by atoms with Crippen LogP contribution in [-0.4, -0.2) is 27.6 Å². The molecule has 0 radical (unpaired) electrons. The highest BCUT2D eigenvalue weighted by atomic mass is 16.4. The summed E-state index contributed by atoms with van der Waals surface area (Å²) in [6.45, 7) is 0. The van der Waals surface area contributed by atoms with E-state index in [2.05, 4.69) is 5.32 Å². The van der Waals surface area contributed by atoms with Gasteiger partial charge < -0.3 is 21.3 Å². The molecule has 1 aliphatic rings. The average molecular weight is 278 g/mol. The van der Waals surface area contributed by atoms with Crippen LogP contribution >= 0.6 is 0 Å². The van der Waals surface area contributed by atoms with Gasteiger partial charge in [0.1, 0.15) is 11.3 Å². The fourth-order valence-corrected chi connectivity index (χ4v) is 2.57. The molecule has 2 rings (SSSR count). The van der Waals surface area contributed by atoms with Gasteiger partial charge in [0.05, 0.1) is 0 Å². The van der Waals surface area contributed by atoms with Crippen molar-refractivity contribution in [1.82, 2.24) is 0 Å². The molecule has 0 spiro atoms. The fourth-order valence-electron chi connectivity index (χ4n) is 2.57. The van der Waals surface area contributed by atoms with E-state index in [0.717, 1.165) is 25.7 Å². The lowest BCUT2D eigenvalue weighted by Crippen LogP contribution is -2.40. The predicted octanol–water partition coefficient (Wildman–Crippen LogP) is 1.69. The largest absolute Gasteiger partial charge is 0.507 e. The highest BCUT2D eigenvalue weighted by Crippen LogP contribution is 2.30. The number of carboxylic acids is 1. The lowest BCUT2D eigenvalue weighted by molar-refractivity contribution is -0.117. The minimum Gasteiger partial charge on any atom is -0.507 e. The summed E-state index contributed by atoms with van der Waals surface area (Å²) in [4.78, 5) is 22.8. The zero-order chi connectivity index (χ0) is 14.8. The van der Waals surface area contributed by atoms with Crippen LogP contribution in [-0.2, 0) is 4.79 Å². The summed E-state index contributed by atoms with van der Waals surface area (Å²) >= 11 is 0. The molecule has 1 aromatic rings. The third-order valence-corrected chi connectivity index (χ3v) is 3.62. The van der Waals surface area contributed by atoms with Gasteiger partial charge in [-0.25, -0.2) is 4.79 Å². The number of rotatable bonds is 4. The first kappa shape index (κ1) is 14.3. The maximum Gasteiger partial charge on any atom is 0.339 e. The Hall–Kier alpha value is -2.08. The highest BCUT2D eigenvalue weighted by molar-refractivity contribution is 5.95. The smallest absolute Gasteiger partial charge is 0.339 e. The molecule has 6 heteroatoms. The predicted molar refractivity (Wildman–Crippen MR) is 73.7 cm³/mol. The highest BCUT2D eigenvalue weighted by Gasteiger charge is 2.31. The summed E-state index contributed by atoms with van der Waals surface area (Å²) in [7, 11) is 0. The standard InChI is InChI=1S/C14H18N2O4/c15-14(5-1-2-6-14)8-12(18)16-9-3-4-11(17)10(7-9)13(19)20/h3-4,7,17H,1-2,5-6,8,15H2,(H,16,18)(H,19,20). The molecular formula is C14H18N2O4. The van der Waals surface area contributed by atoms with E-state index in [1.54, 1.807) is 0 Å². The summed E-state index contributed by atoms with van der Waals surface area (Å²) in [6, 6.07) is 3.93. The van der Waals surface area contributed by atoms with Crippen LogP contribution in [0.1, 0.15) is 42.5 Å². The van der Waals surface area contributed by atoms with Gasteiger partial charge in [-0.2, -0.15) is 0 Å². The van der Waals surface area contributed by atoms with Crippen LogP contribution in [0.15, 0.2) is 18.2 Å². The minimum atomic E-state index is -1.25. The van der Waals surface area contributed by atoms with Gasteiger partial charge in [-0.1, -0.05) is 12.8 Å². The Balaban J connectivity index is 2.04. The Morgan fingerprint density at radius 1 is 1.30 bits per heavy atom. The van der Waals surface area contributed by atoms with Crippen LogP contribution in [0.25, 0.3) is 0 Å². The van der Waals surface area contributed by atoms with E-state index >= 15 is 0 Å². The van der Waals surface area contributed by atoms with Gasteiger partial charge in [0, 0.05) is 17.6 Å². The number of aromatic carboxylic acids is 1. The Morgan fingerprint density at radius 2 is 1.95 bits per heavy atom. The maximum atomic E-state index is 11.9. The maximum absolute atomic E-state index is 11.9. The van der Waals surface area contributed by atoms with Gasteiger partial charge >= 0.3 is 5.97 Å². The first-order chi connectivity index (χ1) is 9.39. The second-order valence-electron chi connectivity index (χ2n) is 5.33. The lowest BCUT2D eigenvalue weighted by atomic mass is 9.94. The number of nitrogens with one attached hydrogen (secondary N) is 1. The Kier molecular flexibility index (Phi) is 3.94. The van der Waals surface area contributed by atoms with Gasteiger partial charge in [-0.3, -0.25) is 4.79 Å². The topological polar surface area (TPSA) is 113 Å². The molecule has 108 valence electrons. The first-order valence-electron chi connectivity index (χ1n) is 6.55. The van der Waals surface area contributed by atoms with Crippen LogP contribution in [0.2, 0.25) is 0 Å². The zero-order valence-electron chi connectivity index (χ0n) is 11.1. The van der Waals surface area contributed by atoms with E-state index in [-0.39, 0.29) is 23.6 Å². The first-order valence-corrected chi connectivity index (χ1v) is 6.55. The van der Waals surface area contributed by atoms with E-state index < -0.39 is 11.5 Å². The van der Waals surface area contributed by atoms with Crippen LogP contribution in [0.3, 0.4) is 0 Å². The molecular weight excluding hydrogens is 260 g/mol. The van der Waals surface area contributed by atoms with E-state index in [1.165, 1.54) is 18.2 Å². The molecule has 1 aliphatic carbocycles. The van der Waals surface area contributed by atoms with E-state index in [0.29, 0.717) is 5.69 Å². The normalized spacial score (nSPS) is 16.9. The lowest BCUT2D eigenvalue weighted by Gasteiger charge is -2.22. The number of nitrogens with two attached hydrogens (primary N) is 1. The van der Waals surface area contributed by atoms with E-state index in [1.807, 2.05) is 0 Å². The van der Waals surface area contributed by atoms with Crippen LogP contribution < -0.4 is 11.1 Å². The average Bonchev–Trinajstić information content (AvgIpc) is 2.77. The Bertz CT molecular complexity index is 536. The number of anilines is 1. The number of carbonyl (C=O) groups excluding carboxylic acids is 1. The third kappa shape index (κ3) is 3.27. The van der Waals surface area contributed by atoms with Gasteiger partial charge in [-0.05, 0) is 31.0 Å². The number of aromatic hydroxyl groups is 1. The number of carboxylic acid groups (broad SMARTS) is 1. The van der Waals surface area contributed by atoms with Gasteiger partial charge in [-0.15, -0.1) is 0 Å². The molecule has 1 fully saturated rings. The summed E-state index contributed by atoms with van der Waals surface area (Å²) in [5.74, 6) is -1.82. The number of hydrogen-bond acceptors (Lipinski definition) is 4. The number of hydrogen-bond donors (Lipinski definition) is 4. The number of phenols is 1. The summed E-state index contributed by atoms with van der Waals surface area (Å²) in [6.07, 6.45) is 3.95. The molecule has 1 amide bonds. The molecule has 6 nitrogen and oxygen atoms in total. The van der Waals surface area contributed by atoms with Crippen molar-refractivity contribution >= 4 is 17.6 Å². The monoisotopic (exact) mass is 278 g/mol. The molecule has 0 aliphatic heterocycles. The number of benzene rings is 1. The molecule has 1 saturated carbocycles. The van der Waals surface area contributed by atoms with Crippen molar-refractivity contribution in [1.29, 1.82) is 0 Å². The van der Waals surface area contributed by atoms with Gasteiger partial charge in [0.15, 0.2) is 0 Å². The molecule has 0 bridgehead atoms. The molecule has 0 atom stereocenters. The van der Waals surface area contributed by atoms with Crippen molar-refractivity contribution in [2.75, 3.05) is 5.32 Å². The zero-order valence-corrected chi connectivity index (χ0v) is 11.1. The molecule has 5 N–H and O–H groups in total. The molecule has 0 saturated heterocycles. The van der Waals surface area contributed by atoms with Crippen LogP contribution in [0, 0.1) is 0 Å². The fraction of sp³-hybridized carbons (Fsp3) is 0.429. The SMILES string of the molecule is NC1(CC(=O)Nc2ccc(O)c(C(=O)O)c2)CCCC1. The van der Waals surface area contributed by atoms with Crippen molar-refractivity contribution in [3.05, 3.63) is 23.8 Å². The van der Waals surface area contributed by atoms with Gasteiger partial charge in [0.2, 0.25) is 5.91 Å². The van der Waals surface area contributed by atoms with E-state index in [4.69, 9.17) is 10.8 Å². The molecule has 1 aromatic carbocycles. The quantitative estimate of drug-likeness (QED) is 0.626. The number of carbonyl (C=O) groups is 2. The number of amides is 1. The summed E-state index contributed by atoms with van der Waals surface area (Å²) < 4.78 is 0. The van der Waals surface area contributed by atoms with Gasteiger partial charge in [0.25, 0.3) is 0 Å². The summed E-state index contributed by atoms with van der Waals surface area (Å²) in [5, 5.41) is 20.9. The summed E-state index contributed by atoms with van der Waals surface area (Å²) in [5.41, 5.74) is 5.77. The molecule has 0 unspecified atom stereocenters. The van der Waals surface area contributed by atoms with Crippen molar-refractivity contribution in [3.8, 4) is 5.75 Å². The van der Waals surface area contributed by atoms with Crippen molar-refractivity contribution < 1.29 is 19.8 Å². The van der Waals surface area contributed by atoms with Crippen molar-refractivity contribution in [2.24, 2.45) is 5.73 Å². The van der Waals surface area contributed by atoms with Crippen LogP contribution in [0.5, 0.6) is 5.75 Å². The molecule has 0 aromatic heterocycles. The Labute approximate surface area is 116 Å². The van der Waals surface area contributed by atoms with Crippen LogP contribution in [0.4, 0.5) is 5.69 Å². The molecule has 0 heterocycles. The second kappa shape index (κ2) is 5.50. The van der Waals surface area contributed by atoms with Crippen molar-refractivity contribution in [3.63, 3.8) is 0 Å². The van der Waals surface area contributed by atoms with Crippen molar-refractivity contribution in [2.45, 2.75) is 37.6 Å². The second-order valence-corrected chi connectivity index (χ2v) is 5.33. The van der Waals surface area contributed by atoms with E-state index in [9.17, 15) is 14.7 Å². The third-order valence-electron chi connectivity index (χ3n) is 3.62. The molecule has 20 heavy (non-hydrogen) atoms. The Morgan fingerprint density at radius 3 is 2.55 bits per heavy atom. The minimum absolute atomic E-state index is 0.219.